The predicted molar refractivity (Wildman–Crippen MR) is 46.1 cm³/mol. The van der Waals surface area contributed by atoms with Gasteiger partial charge in [-0.25, -0.2) is 0 Å². The van der Waals surface area contributed by atoms with Gasteiger partial charge in [0.1, 0.15) is 0 Å². The smallest absolute Gasteiger partial charge is 0.234 e. The van der Waals surface area contributed by atoms with E-state index in [0.29, 0.717) is 0 Å². The van der Waals surface area contributed by atoms with Crippen molar-refractivity contribution in [3.8, 4) is 0 Å². The van der Waals surface area contributed by atoms with Gasteiger partial charge in [-0.15, -0.1) is 0 Å². The summed E-state index contributed by atoms with van der Waals surface area (Å²) in [7, 11) is 0. The normalized spacial score (nSPS) is 14.5. The van der Waals surface area contributed by atoms with E-state index in [1.807, 2.05) is 0 Å². The van der Waals surface area contributed by atoms with E-state index in [-0.39, 0.29) is 17.4 Å². The summed E-state index contributed by atoms with van der Waals surface area (Å²) in [6, 6.07) is -0.228. The number of carbonyl (C=O) groups is 1. The second-order valence-electron chi connectivity index (χ2n) is 4.07. The molecule has 66 valence electrons. The Morgan fingerprint density at radius 2 is 2.00 bits per heavy atom. The highest BCUT2D eigenvalue weighted by atomic mass is 16.1. The van der Waals surface area contributed by atoms with Gasteiger partial charge in [0.05, 0.1) is 6.04 Å². The summed E-state index contributed by atoms with van der Waals surface area (Å²) >= 11 is 0. The van der Waals surface area contributed by atoms with Gasteiger partial charge in [-0.1, -0.05) is 20.8 Å². The van der Waals surface area contributed by atoms with Crippen LogP contribution >= 0.6 is 0 Å². The summed E-state index contributed by atoms with van der Waals surface area (Å²) in [6.45, 7) is 8.89. The SMILES string of the molecule is CC(NCC(C)(C)C)C(N)=O. The van der Waals surface area contributed by atoms with Crippen LogP contribution in [0.3, 0.4) is 0 Å². The van der Waals surface area contributed by atoms with Crippen LogP contribution in [0.15, 0.2) is 0 Å². The molecule has 3 nitrogen and oxygen atoms in total. The Bertz CT molecular complexity index is 138. The van der Waals surface area contributed by atoms with Crippen LogP contribution in [0.1, 0.15) is 27.7 Å². The molecule has 0 aromatic rings. The van der Waals surface area contributed by atoms with Gasteiger partial charge in [0.25, 0.3) is 0 Å². The molecule has 3 heteroatoms. The van der Waals surface area contributed by atoms with Crippen molar-refractivity contribution < 1.29 is 4.79 Å². The molecule has 0 radical (unpaired) electrons. The van der Waals surface area contributed by atoms with Crippen molar-refractivity contribution in [1.82, 2.24) is 5.32 Å². The van der Waals surface area contributed by atoms with Gasteiger partial charge >= 0.3 is 0 Å². The highest BCUT2D eigenvalue weighted by Gasteiger charge is 2.13. The van der Waals surface area contributed by atoms with Crippen molar-refractivity contribution in [3.63, 3.8) is 0 Å². The number of carbonyl (C=O) groups excluding carboxylic acids is 1. The molecule has 0 aliphatic carbocycles. The van der Waals surface area contributed by atoms with Crippen LogP contribution in [0.5, 0.6) is 0 Å². The fraction of sp³-hybridized carbons (Fsp3) is 0.875. The van der Waals surface area contributed by atoms with Crippen molar-refractivity contribution in [1.29, 1.82) is 0 Å². The maximum atomic E-state index is 10.6. The Hall–Kier alpha value is -0.570. The first-order valence-electron chi connectivity index (χ1n) is 3.85. The van der Waals surface area contributed by atoms with Gasteiger partial charge in [-0.3, -0.25) is 4.79 Å². The van der Waals surface area contributed by atoms with Crippen LogP contribution in [0.4, 0.5) is 0 Å². The molecule has 1 unspecified atom stereocenters. The molecule has 0 aliphatic heterocycles. The quantitative estimate of drug-likeness (QED) is 0.628. The van der Waals surface area contributed by atoms with Crippen molar-refractivity contribution in [2.24, 2.45) is 11.1 Å². The standard InChI is InChI=1S/C8H18N2O/c1-6(7(9)11)10-5-8(2,3)4/h6,10H,5H2,1-4H3,(H2,9,11). The van der Waals surface area contributed by atoms with Crippen molar-refractivity contribution in [2.75, 3.05) is 6.54 Å². The minimum absolute atomic E-state index is 0.198. The average molecular weight is 158 g/mol. The Balaban J connectivity index is 3.63. The summed E-state index contributed by atoms with van der Waals surface area (Å²) in [6.07, 6.45) is 0. The molecule has 0 saturated carbocycles. The zero-order valence-corrected chi connectivity index (χ0v) is 7.77. The van der Waals surface area contributed by atoms with Crippen LogP contribution in [0.2, 0.25) is 0 Å². The van der Waals surface area contributed by atoms with Gasteiger partial charge < -0.3 is 11.1 Å². The first kappa shape index (κ1) is 10.4. The van der Waals surface area contributed by atoms with E-state index in [4.69, 9.17) is 5.73 Å². The van der Waals surface area contributed by atoms with Gasteiger partial charge in [0, 0.05) is 6.54 Å². The molecule has 0 heterocycles. The highest BCUT2D eigenvalue weighted by molar-refractivity contribution is 5.79. The van der Waals surface area contributed by atoms with Gasteiger partial charge in [-0.05, 0) is 12.3 Å². The maximum absolute atomic E-state index is 10.6. The molecule has 1 atom stereocenters. The molecule has 11 heavy (non-hydrogen) atoms. The van der Waals surface area contributed by atoms with Crippen molar-refractivity contribution in [2.45, 2.75) is 33.7 Å². The average Bonchev–Trinajstić information content (AvgIpc) is 1.80. The molecule has 0 aliphatic rings. The molecular weight excluding hydrogens is 140 g/mol. The minimum atomic E-state index is -0.297. The first-order chi connectivity index (χ1) is 4.83. The lowest BCUT2D eigenvalue weighted by Crippen LogP contribution is -2.42. The van der Waals surface area contributed by atoms with E-state index in [1.165, 1.54) is 0 Å². The number of rotatable bonds is 3. The monoisotopic (exact) mass is 158 g/mol. The number of primary amides is 1. The van der Waals surface area contributed by atoms with Gasteiger partial charge in [0.2, 0.25) is 5.91 Å². The predicted octanol–water partition coefficient (Wildman–Crippen LogP) is 0.496. The second-order valence-corrected chi connectivity index (χ2v) is 4.07. The molecular formula is C8H18N2O. The van der Waals surface area contributed by atoms with Crippen LogP contribution in [-0.4, -0.2) is 18.5 Å². The highest BCUT2D eigenvalue weighted by Crippen LogP contribution is 2.10. The third kappa shape index (κ3) is 5.85. The third-order valence-corrected chi connectivity index (χ3v) is 1.37. The number of amides is 1. The van der Waals surface area contributed by atoms with E-state index in [9.17, 15) is 4.79 Å². The van der Waals surface area contributed by atoms with Crippen LogP contribution in [-0.2, 0) is 4.79 Å². The largest absolute Gasteiger partial charge is 0.368 e. The van der Waals surface area contributed by atoms with E-state index in [0.717, 1.165) is 6.54 Å². The Labute approximate surface area is 68.3 Å². The van der Waals surface area contributed by atoms with E-state index < -0.39 is 0 Å². The van der Waals surface area contributed by atoms with Crippen LogP contribution < -0.4 is 11.1 Å². The summed E-state index contributed by atoms with van der Waals surface area (Å²) < 4.78 is 0. The lowest BCUT2D eigenvalue weighted by Gasteiger charge is -2.20. The van der Waals surface area contributed by atoms with E-state index in [2.05, 4.69) is 26.1 Å². The third-order valence-electron chi connectivity index (χ3n) is 1.37. The molecule has 1 amide bonds. The topological polar surface area (TPSA) is 55.1 Å². The molecule has 0 saturated heterocycles. The summed E-state index contributed by atoms with van der Waals surface area (Å²) in [5, 5.41) is 3.05. The van der Waals surface area contributed by atoms with E-state index >= 15 is 0 Å². The Kier molecular flexibility index (Phi) is 3.52. The lowest BCUT2D eigenvalue weighted by atomic mass is 9.96. The first-order valence-corrected chi connectivity index (χ1v) is 3.85. The molecule has 0 aromatic heterocycles. The van der Waals surface area contributed by atoms with Crippen molar-refractivity contribution >= 4 is 5.91 Å². The van der Waals surface area contributed by atoms with Gasteiger partial charge in [-0.2, -0.15) is 0 Å². The second kappa shape index (κ2) is 3.72. The summed E-state index contributed by atoms with van der Waals surface area (Å²) in [5.74, 6) is -0.297. The number of nitrogens with two attached hydrogens (primary N) is 1. The Morgan fingerprint density at radius 1 is 1.55 bits per heavy atom. The molecule has 0 rings (SSSR count). The molecule has 0 spiro atoms. The number of hydrogen-bond donors (Lipinski definition) is 2. The maximum Gasteiger partial charge on any atom is 0.234 e. The zero-order chi connectivity index (χ0) is 9.07. The van der Waals surface area contributed by atoms with Gasteiger partial charge in [0.15, 0.2) is 0 Å². The fourth-order valence-corrected chi connectivity index (χ4v) is 0.560. The zero-order valence-electron chi connectivity index (χ0n) is 7.77. The minimum Gasteiger partial charge on any atom is -0.368 e. The van der Waals surface area contributed by atoms with Crippen molar-refractivity contribution in [3.05, 3.63) is 0 Å². The molecule has 0 aromatic carbocycles. The fourth-order valence-electron chi connectivity index (χ4n) is 0.560. The van der Waals surface area contributed by atoms with E-state index in [1.54, 1.807) is 6.92 Å². The lowest BCUT2D eigenvalue weighted by molar-refractivity contribution is -0.119. The number of nitrogens with one attached hydrogen (secondary N) is 1. The Morgan fingerprint density at radius 3 is 2.27 bits per heavy atom. The van der Waals surface area contributed by atoms with Crippen LogP contribution in [0.25, 0.3) is 0 Å². The molecule has 3 N–H and O–H groups in total. The molecule has 0 fully saturated rings. The van der Waals surface area contributed by atoms with Crippen LogP contribution in [0, 0.1) is 5.41 Å². The summed E-state index contributed by atoms with van der Waals surface area (Å²) in [4.78, 5) is 10.6. The summed E-state index contributed by atoms with van der Waals surface area (Å²) in [5.41, 5.74) is 5.26. The molecule has 0 bridgehead atoms. The number of hydrogen-bond acceptors (Lipinski definition) is 2.